The molecule has 73 heavy (non-hydrogen) atoms. The summed E-state index contributed by atoms with van der Waals surface area (Å²) in [7, 11) is 0. The van der Waals surface area contributed by atoms with E-state index < -0.39 is 139 Å². The molecule has 0 saturated carbocycles. The molecule has 1 aromatic carbocycles. The Balaban J connectivity index is 3.58. The van der Waals surface area contributed by atoms with Gasteiger partial charge in [0, 0.05) is 19.4 Å². The van der Waals surface area contributed by atoms with Crippen molar-refractivity contribution in [1.29, 1.82) is 0 Å². The number of guanidine groups is 1. The van der Waals surface area contributed by atoms with Crippen LogP contribution in [0.15, 0.2) is 35.3 Å². The van der Waals surface area contributed by atoms with Crippen LogP contribution < -0.4 is 71.6 Å². The number of rotatable bonds is 37. The summed E-state index contributed by atoms with van der Waals surface area (Å²) in [6.07, 6.45) is -1.60. The molecule has 0 aliphatic carbocycles. The maximum atomic E-state index is 14.2. The summed E-state index contributed by atoms with van der Waals surface area (Å²) in [4.78, 5) is 136. The van der Waals surface area contributed by atoms with Gasteiger partial charge in [0.1, 0.15) is 48.3 Å². The molecule has 8 amide bonds. The van der Waals surface area contributed by atoms with Crippen molar-refractivity contribution < 1.29 is 63.3 Å². The summed E-state index contributed by atoms with van der Waals surface area (Å²) in [6.45, 7) is 5.10. The number of carboxylic acids is 2. The summed E-state index contributed by atoms with van der Waals surface area (Å²) >= 11 is 0. The van der Waals surface area contributed by atoms with Crippen LogP contribution in [0.1, 0.15) is 103 Å². The Labute approximate surface area is 424 Å². The van der Waals surface area contributed by atoms with Gasteiger partial charge in [0.05, 0.1) is 12.5 Å². The highest BCUT2D eigenvalue weighted by atomic mass is 16.4. The van der Waals surface area contributed by atoms with Crippen molar-refractivity contribution in [2.24, 2.45) is 45.3 Å². The monoisotopic (exact) mass is 1030 g/mol. The van der Waals surface area contributed by atoms with Crippen molar-refractivity contribution in [2.45, 2.75) is 159 Å². The largest absolute Gasteiger partial charge is 0.481 e. The molecule has 22 N–H and O–H groups in total. The molecule has 27 nitrogen and oxygen atoms in total. The average Bonchev–Trinajstić information content (AvgIpc) is 3.33. The second-order valence-electron chi connectivity index (χ2n) is 17.7. The van der Waals surface area contributed by atoms with Gasteiger partial charge >= 0.3 is 11.9 Å². The molecule has 410 valence electrons. The van der Waals surface area contributed by atoms with E-state index in [-0.39, 0.29) is 64.1 Å². The summed E-state index contributed by atoms with van der Waals surface area (Å²) in [5.74, 6) is -11.3. The number of nitrogens with zero attached hydrogens (tertiary/aromatic N) is 1. The molecule has 0 bridgehead atoms. The van der Waals surface area contributed by atoms with Crippen LogP contribution in [-0.2, 0) is 54.4 Å². The number of aliphatic hydroxyl groups is 1. The van der Waals surface area contributed by atoms with Gasteiger partial charge in [0.25, 0.3) is 0 Å². The molecule has 0 radical (unpaired) electrons. The van der Waals surface area contributed by atoms with Crippen molar-refractivity contribution in [3.05, 3.63) is 35.9 Å². The van der Waals surface area contributed by atoms with Crippen LogP contribution in [0.25, 0.3) is 0 Å². The summed E-state index contributed by atoms with van der Waals surface area (Å²) in [5.41, 5.74) is 34.1. The van der Waals surface area contributed by atoms with Gasteiger partial charge in [0.15, 0.2) is 5.96 Å². The maximum absolute atomic E-state index is 14.2. The molecule has 0 saturated heterocycles. The van der Waals surface area contributed by atoms with E-state index in [0.717, 1.165) is 0 Å². The zero-order chi connectivity index (χ0) is 55.2. The third-order valence-corrected chi connectivity index (χ3v) is 11.6. The highest BCUT2D eigenvalue weighted by Gasteiger charge is 2.36. The van der Waals surface area contributed by atoms with E-state index in [0.29, 0.717) is 31.2 Å². The fraction of sp³-hybridized carbons (Fsp3) is 0.630. The van der Waals surface area contributed by atoms with Crippen LogP contribution in [0.4, 0.5) is 0 Å². The van der Waals surface area contributed by atoms with Gasteiger partial charge in [-0.25, -0.2) is 4.79 Å². The van der Waals surface area contributed by atoms with Crippen LogP contribution in [0.5, 0.6) is 0 Å². The van der Waals surface area contributed by atoms with Crippen molar-refractivity contribution in [3.63, 3.8) is 0 Å². The van der Waals surface area contributed by atoms with E-state index in [1.807, 2.05) is 0 Å². The second kappa shape index (κ2) is 34.4. The lowest BCUT2D eigenvalue weighted by Crippen LogP contribution is -2.61. The number of hydrogen-bond acceptors (Lipinski definition) is 15. The summed E-state index contributed by atoms with van der Waals surface area (Å²) < 4.78 is 0. The number of unbranched alkanes of at least 4 members (excludes halogenated alkanes) is 2. The number of nitrogens with one attached hydrogen (secondary N) is 7. The zero-order valence-electron chi connectivity index (χ0n) is 41.8. The minimum atomic E-state index is -1.82. The Morgan fingerprint density at radius 3 is 1.47 bits per heavy atom. The van der Waals surface area contributed by atoms with E-state index in [1.54, 1.807) is 44.2 Å². The van der Waals surface area contributed by atoms with Crippen molar-refractivity contribution >= 4 is 65.2 Å². The smallest absolute Gasteiger partial charge is 0.326 e. The lowest BCUT2D eigenvalue weighted by Gasteiger charge is -2.29. The number of amides is 8. The van der Waals surface area contributed by atoms with Crippen molar-refractivity contribution in [3.8, 4) is 0 Å². The number of hydrogen-bond donors (Lipinski definition) is 16. The number of primary amides is 1. The topological polar surface area (TPSA) is 484 Å². The maximum Gasteiger partial charge on any atom is 0.326 e. The molecular weight excluding hydrogens is 957 g/mol. The van der Waals surface area contributed by atoms with Gasteiger partial charge in [-0.2, -0.15) is 0 Å². The number of carbonyl (C=O) groups excluding carboxylic acids is 8. The third kappa shape index (κ3) is 25.3. The standard InChI is InChI=1S/C46H78N14O13/c1-4-25(2)37(60-41(68)29(16-9-11-21-48)56-43(70)36(50)26(3)61)44(71)57-31(18-19-34(49)62)40(67)55-30(17-12-22-53-46(51)52)38(65)54-28(15-8-10-20-47)39(66)58-32(24-35(63)64)42(69)59-33(45(72)73)23-27-13-6-5-7-14-27/h5-7,13-14,25-26,28-33,36-37,61H,4,8-12,15-24,47-48,50H2,1-3H3,(H2,49,62)(H,54,65)(H,55,67)(H,56,70)(H,57,71)(H,58,66)(H,59,69)(H,60,68)(H,63,64)(H,72,73)(H4,51,52,53)/t25-,26+,28-,29-,30-,31-,32-,33-,36-,37-/m0/s1. The minimum absolute atomic E-state index is 0.0350. The summed E-state index contributed by atoms with van der Waals surface area (Å²) in [5, 5.41) is 46.8. The molecule has 0 fully saturated rings. The first kappa shape index (κ1) is 64.0. The molecule has 0 heterocycles. The first-order valence-corrected chi connectivity index (χ1v) is 24.2. The lowest BCUT2D eigenvalue weighted by atomic mass is 9.96. The highest BCUT2D eigenvalue weighted by Crippen LogP contribution is 2.13. The van der Waals surface area contributed by atoms with E-state index in [4.69, 9.17) is 34.4 Å². The second-order valence-corrected chi connectivity index (χ2v) is 17.7. The van der Waals surface area contributed by atoms with Crippen LogP contribution in [-0.4, -0.2) is 155 Å². The first-order chi connectivity index (χ1) is 34.4. The summed E-state index contributed by atoms with van der Waals surface area (Å²) in [6, 6.07) is -3.57. The number of nitrogens with two attached hydrogens (primary N) is 6. The average molecular weight is 1040 g/mol. The van der Waals surface area contributed by atoms with Gasteiger partial charge in [-0.1, -0.05) is 50.6 Å². The van der Waals surface area contributed by atoms with Crippen LogP contribution in [0.3, 0.4) is 0 Å². The first-order valence-electron chi connectivity index (χ1n) is 24.2. The van der Waals surface area contributed by atoms with Gasteiger partial charge in [-0.3, -0.25) is 48.1 Å². The van der Waals surface area contributed by atoms with Crippen LogP contribution >= 0.6 is 0 Å². The molecule has 0 unspecified atom stereocenters. The molecular formula is C46H78N14O13. The number of carboxylic acid groups (broad SMARTS) is 2. The number of carbonyl (C=O) groups is 10. The van der Waals surface area contributed by atoms with E-state index in [2.05, 4.69) is 42.2 Å². The number of benzene rings is 1. The normalized spacial score (nSPS) is 15.1. The predicted octanol–water partition coefficient (Wildman–Crippen LogP) is -4.49. The minimum Gasteiger partial charge on any atom is -0.481 e. The Kier molecular flexibility index (Phi) is 30.2. The number of aliphatic carboxylic acids is 2. The van der Waals surface area contributed by atoms with Gasteiger partial charge in [0.2, 0.25) is 47.3 Å². The highest BCUT2D eigenvalue weighted by molar-refractivity contribution is 5.98. The number of aliphatic hydroxyl groups excluding tert-OH is 1. The molecule has 1 aromatic rings. The van der Waals surface area contributed by atoms with E-state index >= 15 is 0 Å². The molecule has 1 rings (SSSR count). The Morgan fingerprint density at radius 2 is 1.01 bits per heavy atom. The fourth-order valence-electron chi connectivity index (χ4n) is 7.08. The number of aliphatic imine (C=N–C) groups is 1. The predicted molar refractivity (Wildman–Crippen MR) is 267 cm³/mol. The van der Waals surface area contributed by atoms with Gasteiger partial charge in [-0.05, 0) is 89.3 Å². The van der Waals surface area contributed by atoms with Crippen LogP contribution in [0.2, 0.25) is 0 Å². The van der Waals surface area contributed by atoms with E-state index in [1.165, 1.54) is 6.92 Å². The molecule has 10 atom stereocenters. The van der Waals surface area contributed by atoms with Gasteiger partial charge < -0.3 is 86.9 Å². The molecule has 27 heteroatoms. The Morgan fingerprint density at radius 1 is 0.575 bits per heavy atom. The van der Waals surface area contributed by atoms with Crippen molar-refractivity contribution in [1.82, 2.24) is 37.2 Å². The molecule has 0 aromatic heterocycles. The quantitative estimate of drug-likeness (QED) is 0.0170. The molecule has 0 aliphatic rings. The molecule has 0 spiro atoms. The van der Waals surface area contributed by atoms with E-state index in [9.17, 15) is 63.3 Å². The Hall–Kier alpha value is -6.97. The van der Waals surface area contributed by atoms with Crippen LogP contribution in [0, 0.1) is 5.92 Å². The fourth-order valence-corrected chi connectivity index (χ4v) is 7.08. The lowest BCUT2D eigenvalue weighted by molar-refractivity contribution is -0.143. The zero-order valence-corrected chi connectivity index (χ0v) is 41.8. The van der Waals surface area contributed by atoms with Gasteiger partial charge in [-0.15, -0.1) is 0 Å². The third-order valence-electron chi connectivity index (χ3n) is 11.6. The van der Waals surface area contributed by atoms with Crippen molar-refractivity contribution in [2.75, 3.05) is 19.6 Å². The SMILES string of the molecule is CC[C@H](C)[C@H](NC(=O)[C@H](CCCCN)NC(=O)[C@@H](N)[C@@H](C)O)C(=O)N[C@@H](CCC(N)=O)C(=O)N[C@@H](CCCN=C(N)N)C(=O)N[C@@H](CCCCN)C(=O)N[C@@H](CC(=O)O)C(=O)N[C@@H](Cc1ccccc1)C(=O)O. The Bertz CT molecular complexity index is 2010. The molecule has 0 aliphatic heterocycles.